The van der Waals surface area contributed by atoms with Crippen LogP contribution in [-0.2, 0) is 5.41 Å². The summed E-state index contributed by atoms with van der Waals surface area (Å²) >= 11 is 5.57. The number of piperidine rings is 1. The fourth-order valence-corrected chi connectivity index (χ4v) is 4.42. The summed E-state index contributed by atoms with van der Waals surface area (Å²) in [6.07, 6.45) is 3.60. The zero-order chi connectivity index (χ0) is 25.1. The Bertz CT molecular complexity index is 1030. The molecule has 0 bridgehead atoms. The van der Waals surface area contributed by atoms with Crippen LogP contribution in [0.25, 0.3) is 5.57 Å². The van der Waals surface area contributed by atoms with Gasteiger partial charge in [-0.05, 0) is 60.0 Å². The maximum atomic E-state index is 11.7. The number of hydrogen-bond acceptors (Lipinski definition) is 2. The highest BCUT2D eigenvalue weighted by atomic mass is 35.5. The van der Waals surface area contributed by atoms with Crippen LogP contribution in [0, 0.1) is 0 Å². The van der Waals surface area contributed by atoms with Crippen molar-refractivity contribution in [3.8, 4) is 0 Å². The van der Waals surface area contributed by atoms with E-state index >= 15 is 0 Å². The van der Waals surface area contributed by atoms with E-state index < -0.39 is 0 Å². The molecule has 0 radical (unpaired) electrons. The summed E-state index contributed by atoms with van der Waals surface area (Å²) in [4.78, 5) is 11.7. The van der Waals surface area contributed by atoms with E-state index in [0.717, 1.165) is 37.9 Å². The van der Waals surface area contributed by atoms with Gasteiger partial charge in [0.25, 0.3) is 0 Å². The van der Waals surface area contributed by atoms with Gasteiger partial charge in [-0.25, -0.2) is 0 Å². The Morgan fingerprint density at radius 3 is 1.74 bits per heavy atom. The smallest absolute Gasteiger partial charge is 0.162 e. The third-order valence-corrected chi connectivity index (χ3v) is 6.56. The van der Waals surface area contributed by atoms with E-state index in [0.29, 0.717) is 12.3 Å². The van der Waals surface area contributed by atoms with Gasteiger partial charge in [0.05, 0.1) is 0 Å². The number of carbonyl (C=O) groups excluding carboxylic acids is 1. The van der Waals surface area contributed by atoms with E-state index in [2.05, 4.69) is 86.8 Å². The molecule has 0 unspecified atom stereocenters. The van der Waals surface area contributed by atoms with Crippen molar-refractivity contribution in [2.24, 2.45) is 0 Å². The van der Waals surface area contributed by atoms with Crippen molar-refractivity contribution in [1.29, 1.82) is 0 Å². The average Bonchev–Trinajstić information content (AvgIpc) is 2.89. The number of benzene rings is 3. The zero-order valence-electron chi connectivity index (χ0n) is 21.3. The molecule has 0 spiro atoms. The summed E-state index contributed by atoms with van der Waals surface area (Å²) in [6.45, 7) is 8.68. The molecule has 1 aliphatic rings. The van der Waals surface area contributed by atoms with Crippen molar-refractivity contribution in [2.45, 2.75) is 51.9 Å². The van der Waals surface area contributed by atoms with E-state index in [1.54, 1.807) is 5.57 Å². The fraction of sp³-hybridized carbons (Fsp3) is 0.344. The van der Waals surface area contributed by atoms with Crippen LogP contribution in [0.15, 0.2) is 90.5 Å². The van der Waals surface area contributed by atoms with Gasteiger partial charge in [0, 0.05) is 17.9 Å². The molecule has 0 saturated carbocycles. The molecular formula is C32H38ClNO. The Hall–Kier alpha value is -2.68. The standard InChI is InChI=1S/C18H19N.C14H19ClO/c1-3-7-15(8-4-1)18(16-9-5-2-6-10-16)17-11-13-19-14-12-17;1-14(2,3)12-8-6-11(7-9-12)13(16)5-4-10-15/h1-10,19H,11-14H2;6-9H,4-5,10H2,1-3H3. The van der Waals surface area contributed by atoms with Crippen molar-refractivity contribution < 1.29 is 4.79 Å². The topological polar surface area (TPSA) is 29.1 Å². The third kappa shape index (κ3) is 8.19. The largest absolute Gasteiger partial charge is 0.316 e. The highest BCUT2D eigenvalue weighted by molar-refractivity contribution is 6.18. The van der Waals surface area contributed by atoms with E-state index in [4.69, 9.17) is 11.6 Å². The molecule has 4 rings (SSSR count). The maximum Gasteiger partial charge on any atom is 0.162 e. The van der Waals surface area contributed by atoms with E-state index in [-0.39, 0.29) is 11.2 Å². The predicted molar refractivity (Wildman–Crippen MR) is 150 cm³/mol. The lowest BCUT2D eigenvalue weighted by atomic mass is 9.86. The molecule has 1 heterocycles. The third-order valence-electron chi connectivity index (χ3n) is 6.30. The lowest BCUT2D eigenvalue weighted by Gasteiger charge is -2.21. The van der Waals surface area contributed by atoms with Crippen molar-refractivity contribution in [3.63, 3.8) is 0 Å². The van der Waals surface area contributed by atoms with E-state index in [1.165, 1.54) is 22.3 Å². The van der Waals surface area contributed by atoms with E-state index in [9.17, 15) is 4.79 Å². The van der Waals surface area contributed by atoms with Gasteiger partial charge in [-0.3, -0.25) is 4.79 Å². The zero-order valence-corrected chi connectivity index (χ0v) is 22.1. The molecule has 3 heteroatoms. The van der Waals surface area contributed by atoms with Crippen LogP contribution >= 0.6 is 11.6 Å². The quantitative estimate of drug-likeness (QED) is 0.281. The Balaban J connectivity index is 0.000000199. The number of rotatable bonds is 6. The molecule has 0 atom stereocenters. The normalized spacial score (nSPS) is 13.5. The molecule has 1 N–H and O–H groups in total. The highest BCUT2D eigenvalue weighted by Gasteiger charge is 2.15. The summed E-state index contributed by atoms with van der Waals surface area (Å²) < 4.78 is 0. The van der Waals surface area contributed by atoms with Gasteiger partial charge in [0.1, 0.15) is 0 Å². The minimum atomic E-state index is 0.137. The molecule has 0 amide bonds. The number of halogens is 1. The minimum Gasteiger partial charge on any atom is -0.316 e. The molecule has 35 heavy (non-hydrogen) atoms. The summed E-state index contributed by atoms with van der Waals surface area (Å²) in [7, 11) is 0. The van der Waals surface area contributed by atoms with Crippen molar-refractivity contribution in [2.75, 3.05) is 19.0 Å². The lowest BCUT2D eigenvalue weighted by molar-refractivity contribution is 0.0982. The molecule has 1 aliphatic heterocycles. The minimum absolute atomic E-state index is 0.137. The summed E-state index contributed by atoms with van der Waals surface area (Å²) in [5.74, 6) is 0.729. The average molecular weight is 488 g/mol. The number of nitrogens with one attached hydrogen (secondary N) is 1. The number of alkyl halides is 1. The second-order valence-electron chi connectivity index (χ2n) is 10.0. The monoisotopic (exact) mass is 487 g/mol. The first kappa shape index (κ1) is 26.9. The number of ketones is 1. The van der Waals surface area contributed by atoms with Gasteiger partial charge in [-0.2, -0.15) is 0 Å². The van der Waals surface area contributed by atoms with Crippen LogP contribution in [0.3, 0.4) is 0 Å². The molecule has 3 aromatic rings. The predicted octanol–water partition coefficient (Wildman–Crippen LogP) is 8.06. The van der Waals surface area contributed by atoms with Crippen molar-refractivity contribution >= 4 is 23.0 Å². The maximum absolute atomic E-state index is 11.7. The molecular weight excluding hydrogens is 450 g/mol. The molecule has 0 aromatic heterocycles. The Kier molecular flexibility index (Phi) is 10.3. The number of Topliss-reactive ketones (excluding diaryl/α,β-unsaturated/α-hetero) is 1. The molecule has 2 nitrogen and oxygen atoms in total. The molecule has 0 aliphatic carbocycles. The van der Waals surface area contributed by atoms with Crippen molar-refractivity contribution in [1.82, 2.24) is 5.32 Å². The van der Waals surface area contributed by atoms with Crippen LogP contribution in [0.5, 0.6) is 0 Å². The first-order chi connectivity index (χ1) is 16.9. The molecule has 184 valence electrons. The number of carbonyl (C=O) groups is 1. The molecule has 3 aromatic carbocycles. The van der Waals surface area contributed by atoms with Crippen LogP contribution in [0.2, 0.25) is 0 Å². The van der Waals surface area contributed by atoms with Gasteiger partial charge in [-0.1, -0.05) is 111 Å². The summed E-state index contributed by atoms with van der Waals surface area (Å²) in [5.41, 5.74) is 7.87. The summed E-state index contributed by atoms with van der Waals surface area (Å²) in [6, 6.07) is 29.4. The first-order valence-electron chi connectivity index (χ1n) is 12.6. The first-order valence-corrected chi connectivity index (χ1v) is 13.2. The van der Waals surface area contributed by atoms with Crippen LogP contribution in [0.1, 0.15) is 73.5 Å². The molecule has 1 fully saturated rings. The van der Waals surface area contributed by atoms with Crippen LogP contribution in [-0.4, -0.2) is 24.8 Å². The van der Waals surface area contributed by atoms with Gasteiger partial charge in [0.15, 0.2) is 5.78 Å². The lowest BCUT2D eigenvalue weighted by Crippen LogP contribution is -2.23. The Labute approximate surface area is 216 Å². The second kappa shape index (κ2) is 13.4. The van der Waals surface area contributed by atoms with Crippen molar-refractivity contribution in [3.05, 3.63) is 113 Å². The SMILES string of the molecule is CC(C)(C)c1ccc(C(=O)CCCCl)cc1.c1ccc(C(=C2CCNCC2)c2ccccc2)cc1. The van der Waals surface area contributed by atoms with Gasteiger partial charge in [-0.15, -0.1) is 11.6 Å². The van der Waals surface area contributed by atoms with Crippen LogP contribution in [0.4, 0.5) is 0 Å². The van der Waals surface area contributed by atoms with Gasteiger partial charge >= 0.3 is 0 Å². The Morgan fingerprint density at radius 2 is 1.29 bits per heavy atom. The number of hydrogen-bond donors (Lipinski definition) is 1. The Morgan fingerprint density at radius 1 is 0.771 bits per heavy atom. The van der Waals surface area contributed by atoms with Gasteiger partial charge < -0.3 is 5.32 Å². The van der Waals surface area contributed by atoms with Gasteiger partial charge in [0.2, 0.25) is 0 Å². The highest BCUT2D eigenvalue weighted by Crippen LogP contribution is 2.30. The summed E-state index contributed by atoms with van der Waals surface area (Å²) in [5, 5.41) is 3.44. The second-order valence-corrected chi connectivity index (χ2v) is 10.4. The fourth-order valence-electron chi connectivity index (χ4n) is 4.29. The van der Waals surface area contributed by atoms with Crippen LogP contribution < -0.4 is 5.32 Å². The van der Waals surface area contributed by atoms with E-state index in [1.807, 2.05) is 24.3 Å². The molecule has 1 saturated heterocycles.